The summed E-state index contributed by atoms with van der Waals surface area (Å²) in [6.07, 6.45) is 0. The van der Waals surface area contributed by atoms with Gasteiger partial charge in [-0.1, -0.05) is 11.6 Å². The van der Waals surface area contributed by atoms with Gasteiger partial charge in [0.2, 0.25) is 0 Å². The fourth-order valence-corrected chi connectivity index (χ4v) is 2.07. The van der Waals surface area contributed by atoms with Crippen LogP contribution >= 0.6 is 34.8 Å². The molecule has 14 heavy (non-hydrogen) atoms. The molecule has 4 heteroatoms. The van der Waals surface area contributed by atoms with Crippen molar-refractivity contribution in [3.8, 4) is 0 Å². The Labute approximate surface area is 99.4 Å². The van der Waals surface area contributed by atoms with Gasteiger partial charge in [-0.2, -0.15) is 0 Å². The van der Waals surface area contributed by atoms with Crippen LogP contribution < -0.4 is 0 Å². The lowest BCUT2D eigenvalue weighted by molar-refractivity contribution is 0.935. The first kappa shape index (κ1) is 12.1. The van der Waals surface area contributed by atoms with Gasteiger partial charge in [-0.15, -0.1) is 23.2 Å². The second-order valence-electron chi connectivity index (χ2n) is 3.25. The van der Waals surface area contributed by atoms with E-state index in [0.717, 1.165) is 22.5 Å². The molecule has 1 nitrogen and oxygen atoms in total. The molecule has 0 aliphatic rings. The third-order valence-electron chi connectivity index (χ3n) is 2.21. The Balaban J connectivity index is 3.43. The zero-order chi connectivity index (χ0) is 10.9. The van der Waals surface area contributed by atoms with Crippen LogP contribution in [-0.4, -0.2) is 4.98 Å². The summed E-state index contributed by atoms with van der Waals surface area (Å²) in [6.45, 7) is 5.69. The maximum absolute atomic E-state index is 6.07. The van der Waals surface area contributed by atoms with Crippen LogP contribution in [-0.2, 0) is 5.88 Å². The molecule has 0 aliphatic heterocycles. The topological polar surface area (TPSA) is 12.9 Å². The van der Waals surface area contributed by atoms with Crippen molar-refractivity contribution in [3.05, 3.63) is 27.5 Å². The fourth-order valence-electron chi connectivity index (χ4n) is 1.39. The van der Waals surface area contributed by atoms with Crippen molar-refractivity contribution in [1.82, 2.24) is 4.98 Å². The Bertz CT molecular complexity index is 348. The van der Waals surface area contributed by atoms with Gasteiger partial charge >= 0.3 is 0 Å². The van der Waals surface area contributed by atoms with Gasteiger partial charge in [-0.3, -0.25) is 4.98 Å². The smallest absolute Gasteiger partial charge is 0.0732 e. The van der Waals surface area contributed by atoms with Crippen molar-refractivity contribution in [2.75, 3.05) is 0 Å². The van der Waals surface area contributed by atoms with Crippen LogP contribution in [0, 0.1) is 13.8 Å². The highest BCUT2D eigenvalue weighted by atomic mass is 35.5. The van der Waals surface area contributed by atoms with Gasteiger partial charge in [-0.25, -0.2) is 0 Å². The number of nitrogens with zero attached hydrogens (tertiary/aromatic N) is 1. The summed E-state index contributed by atoms with van der Waals surface area (Å²) in [6, 6.07) is 0. The molecule has 1 rings (SSSR count). The number of rotatable bonds is 2. The Morgan fingerprint density at radius 2 is 1.93 bits per heavy atom. The normalized spacial score (nSPS) is 13.0. The minimum atomic E-state index is -0.140. The number of aryl methyl sites for hydroxylation is 1. The summed E-state index contributed by atoms with van der Waals surface area (Å²) in [5, 5.41) is 0.542. The number of hydrogen-bond acceptors (Lipinski definition) is 1. The average Bonchev–Trinajstić information content (AvgIpc) is 2.13. The quantitative estimate of drug-likeness (QED) is 0.711. The number of pyridine rings is 1. The van der Waals surface area contributed by atoms with E-state index < -0.39 is 0 Å². The van der Waals surface area contributed by atoms with E-state index >= 15 is 0 Å². The summed E-state index contributed by atoms with van der Waals surface area (Å²) < 4.78 is 0. The van der Waals surface area contributed by atoms with Crippen LogP contribution in [0.2, 0.25) is 5.02 Å². The van der Waals surface area contributed by atoms with E-state index in [1.165, 1.54) is 0 Å². The van der Waals surface area contributed by atoms with E-state index in [0.29, 0.717) is 10.9 Å². The number of alkyl halides is 2. The second-order valence-corrected chi connectivity index (χ2v) is 4.55. The summed E-state index contributed by atoms with van der Waals surface area (Å²) in [4.78, 5) is 4.36. The zero-order valence-corrected chi connectivity index (χ0v) is 10.6. The number of halogens is 3. The van der Waals surface area contributed by atoms with E-state index in [4.69, 9.17) is 34.8 Å². The van der Waals surface area contributed by atoms with Gasteiger partial charge in [0.25, 0.3) is 0 Å². The van der Waals surface area contributed by atoms with Crippen molar-refractivity contribution in [3.63, 3.8) is 0 Å². The molecule has 1 aromatic rings. The molecule has 1 unspecified atom stereocenters. The summed E-state index contributed by atoms with van der Waals surface area (Å²) >= 11 is 17.9. The van der Waals surface area contributed by atoms with Crippen LogP contribution in [0.4, 0.5) is 0 Å². The van der Waals surface area contributed by atoms with Crippen molar-refractivity contribution in [2.45, 2.75) is 32.0 Å². The molecule has 1 atom stereocenters. The number of hydrogen-bond donors (Lipinski definition) is 0. The molecule has 0 spiro atoms. The van der Waals surface area contributed by atoms with E-state index in [-0.39, 0.29) is 5.38 Å². The highest BCUT2D eigenvalue weighted by Crippen LogP contribution is 2.30. The molecule has 0 aromatic carbocycles. The van der Waals surface area contributed by atoms with E-state index in [1.54, 1.807) is 0 Å². The SMILES string of the molecule is Cc1nc(C(C)Cl)c(CCl)c(C)c1Cl. The van der Waals surface area contributed by atoms with Crippen LogP contribution in [0.15, 0.2) is 0 Å². The van der Waals surface area contributed by atoms with Crippen molar-refractivity contribution < 1.29 is 0 Å². The maximum Gasteiger partial charge on any atom is 0.0732 e. The maximum atomic E-state index is 6.07. The monoisotopic (exact) mass is 251 g/mol. The highest BCUT2D eigenvalue weighted by Gasteiger charge is 2.15. The summed E-state index contributed by atoms with van der Waals surface area (Å²) in [5.74, 6) is 0.394. The highest BCUT2D eigenvalue weighted by molar-refractivity contribution is 6.32. The largest absolute Gasteiger partial charge is 0.255 e. The van der Waals surface area contributed by atoms with E-state index in [2.05, 4.69) is 4.98 Å². The van der Waals surface area contributed by atoms with Crippen molar-refractivity contribution in [2.24, 2.45) is 0 Å². The standard InChI is InChI=1S/C10H12Cl3N/c1-5-8(4-11)10(6(2)12)14-7(3)9(5)13/h6H,4H2,1-3H3. The first-order chi connectivity index (χ1) is 6.49. The Morgan fingerprint density at radius 1 is 1.36 bits per heavy atom. The Hall–Kier alpha value is 0.0200. The molecule has 0 aliphatic carbocycles. The summed E-state index contributed by atoms with van der Waals surface area (Å²) in [7, 11) is 0. The van der Waals surface area contributed by atoms with Crippen LogP contribution in [0.1, 0.15) is 34.8 Å². The fraction of sp³-hybridized carbons (Fsp3) is 0.500. The molecule has 1 aromatic heterocycles. The molecule has 0 N–H and O–H groups in total. The van der Waals surface area contributed by atoms with Gasteiger partial charge in [0.1, 0.15) is 0 Å². The second kappa shape index (κ2) is 4.69. The van der Waals surface area contributed by atoms with Gasteiger partial charge in [0.05, 0.1) is 21.8 Å². The Morgan fingerprint density at radius 3 is 2.36 bits per heavy atom. The lowest BCUT2D eigenvalue weighted by Crippen LogP contribution is -2.03. The van der Waals surface area contributed by atoms with Crippen molar-refractivity contribution in [1.29, 1.82) is 0 Å². The predicted octanol–water partition coefficient (Wildman–Crippen LogP) is 4.39. The molecule has 0 radical (unpaired) electrons. The molecule has 78 valence electrons. The van der Waals surface area contributed by atoms with Crippen LogP contribution in [0.3, 0.4) is 0 Å². The third-order valence-corrected chi connectivity index (χ3v) is 3.24. The molecule has 0 amide bonds. The molecule has 0 saturated heterocycles. The molecule has 0 fully saturated rings. The van der Waals surface area contributed by atoms with Gasteiger partial charge in [0.15, 0.2) is 0 Å². The van der Waals surface area contributed by atoms with E-state index in [9.17, 15) is 0 Å². The average molecular weight is 253 g/mol. The number of aromatic nitrogens is 1. The van der Waals surface area contributed by atoms with Crippen molar-refractivity contribution >= 4 is 34.8 Å². The molecule has 1 heterocycles. The minimum absolute atomic E-state index is 0.140. The summed E-state index contributed by atoms with van der Waals surface area (Å²) in [5.41, 5.74) is 3.57. The molecular weight excluding hydrogens is 240 g/mol. The first-order valence-corrected chi connectivity index (χ1v) is 5.69. The van der Waals surface area contributed by atoms with E-state index in [1.807, 2.05) is 20.8 Å². The minimum Gasteiger partial charge on any atom is -0.255 e. The first-order valence-electron chi connectivity index (χ1n) is 4.34. The zero-order valence-electron chi connectivity index (χ0n) is 8.37. The lowest BCUT2D eigenvalue weighted by Gasteiger charge is -2.14. The lowest BCUT2D eigenvalue weighted by atomic mass is 10.1. The van der Waals surface area contributed by atoms with Gasteiger partial charge in [-0.05, 0) is 31.9 Å². The molecule has 0 saturated carbocycles. The molecular formula is C10H12Cl3N. The third kappa shape index (κ3) is 2.16. The Kier molecular flexibility index (Phi) is 4.05. The van der Waals surface area contributed by atoms with Gasteiger partial charge in [0, 0.05) is 5.88 Å². The van der Waals surface area contributed by atoms with Crippen LogP contribution in [0.5, 0.6) is 0 Å². The molecule has 0 bridgehead atoms. The predicted molar refractivity (Wildman–Crippen MR) is 62.5 cm³/mol. The van der Waals surface area contributed by atoms with Gasteiger partial charge < -0.3 is 0 Å². The van der Waals surface area contributed by atoms with Crippen LogP contribution in [0.25, 0.3) is 0 Å².